The Hall–Kier alpha value is -2.18. The quantitative estimate of drug-likeness (QED) is 0.801. The van der Waals surface area contributed by atoms with Crippen molar-refractivity contribution in [2.75, 3.05) is 6.54 Å². The summed E-state index contributed by atoms with van der Waals surface area (Å²) in [7, 11) is 0. The topological polar surface area (TPSA) is 74.2 Å². The van der Waals surface area contributed by atoms with Gasteiger partial charge in [0.05, 0.1) is 27.9 Å². The molecule has 3 N–H and O–H groups in total. The zero-order valence-corrected chi connectivity index (χ0v) is 13.0. The van der Waals surface area contributed by atoms with E-state index in [1.807, 2.05) is 36.7 Å². The third-order valence-electron chi connectivity index (χ3n) is 3.52. The smallest absolute Gasteiger partial charge is 0.267 e. The van der Waals surface area contributed by atoms with Gasteiger partial charge in [0.1, 0.15) is 0 Å². The average molecular weight is 315 g/mol. The van der Waals surface area contributed by atoms with Crippen LogP contribution in [0.15, 0.2) is 41.5 Å². The zero-order chi connectivity index (χ0) is 15.5. The molecule has 22 heavy (non-hydrogen) atoms. The number of carbonyl (C=O) groups excluding carboxylic acids is 1. The van der Waals surface area contributed by atoms with Crippen LogP contribution >= 0.6 is 11.3 Å². The monoisotopic (exact) mass is 315 g/mol. The van der Waals surface area contributed by atoms with Crippen LogP contribution in [0.4, 0.5) is 0 Å². The fourth-order valence-electron chi connectivity index (χ4n) is 2.31. The molecule has 0 aliphatic carbocycles. The molecule has 1 aliphatic heterocycles. The highest BCUT2D eigenvalue weighted by atomic mass is 32.1. The molecule has 0 radical (unpaired) electrons. The third-order valence-corrected chi connectivity index (χ3v) is 4.50. The van der Waals surface area contributed by atoms with E-state index in [-0.39, 0.29) is 5.91 Å². The molecule has 2 aromatic rings. The summed E-state index contributed by atoms with van der Waals surface area (Å²) in [6.45, 7) is 2.85. The number of aliphatic hydroxyl groups excluding tert-OH is 1. The minimum atomic E-state index is -0.581. The van der Waals surface area contributed by atoms with Gasteiger partial charge in [0, 0.05) is 13.1 Å². The highest BCUT2D eigenvalue weighted by Crippen LogP contribution is 2.27. The van der Waals surface area contributed by atoms with Gasteiger partial charge in [-0.15, -0.1) is 11.3 Å². The maximum absolute atomic E-state index is 11.9. The number of thiazole rings is 1. The van der Waals surface area contributed by atoms with Gasteiger partial charge >= 0.3 is 0 Å². The predicted molar refractivity (Wildman–Crippen MR) is 86.2 cm³/mol. The van der Waals surface area contributed by atoms with Crippen LogP contribution < -0.4 is 10.6 Å². The number of rotatable bonds is 4. The van der Waals surface area contributed by atoms with Gasteiger partial charge in [0.2, 0.25) is 0 Å². The Morgan fingerprint density at radius 1 is 1.45 bits per heavy atom. The maximum atomic E-state index is 11.9. The number of hydrogen-bond donors (Lipinski definition) is 3. The van der Waals surface area contributed by atoms with Crippen molar-refractivity contribution in [2.24, 2.45) is 0 Å². The van der Waals surface area contributed by atoms with Crippen LogP contribution in [0.2, 0.25) is 0 Å². The van der Waals surface area contributed by atoms with Gasteiger partial charge in [-0.05, 0) is 24.1 Å². The van der Waals surface area contributed by atoms with E-state index in [0.29, 0.717) is 18.8 Å². The Morgan fingerprint density at radius 2 is 2.23 bits per heavy atom. The van der Waals surface area contributed by atoms with Crippen LogP contribution in [-0.4, -0.2) is 28.6 Å². The van der Waals surface area contributed by atoms with Crippen molar-refractivity contribution >= 4 is 17.2 Å². The lowest BCUT2D eigenvalue weighted by atomic mass is 10.1. The summed E-state index contributed by atoms with van der Waals surface area (Å²) in [4.78, 5) is 17.3. The average Bonchev–Trinajstić information content (AvgIpc) is 3.14. The van der Waals surface area contributed by atoms with Gasteiger partial charge in [-0.2, -0.15) is 0 Å². The van der Waals surface area contributed by atoms with E-state index in [4.69, 9.17) is 0 Å². The van der Waals surface area contributed by atoms with Gasteiger partial charge < -0.3 is 15.7 Å². The van der Waals surface area contributed by atoms with E-state index in [1.165, 1.54) is 11.0 Å². The Bertz CT molecular complexity index is 706. The fraction of sp³-hybridized carbons (Fsp3) is 0.250. The molecule has 2 heterocycles. The molecule has 1 atom stereocenters. The lowest BCUT2D eigenvalue weighted by molar-refractivity contribution is -0.117. The summed E-state index contributed by atoms with van der Waals surface area (Å²) < 4.78 is 0. The van der Waals surface area contributed by atoms with Gasteiger partial charge in [-0.1, -0.05) is 24.3 Å². The molecule has 0 spiro atoms. The lowest BCUT2D eigenvalue weighted by Gasteiger charge is -2.07. The first kappa shape index (κ1) is 14.7. The molecule has 1 aliphatic rings. The van der Waals surface area contributed by atoms with Crippen molar-refractivity contribution in [1.82, 2.24) is 15.6 Å². The van der Waals surface area contributed by atoms with Crippen molar-refractivity contribution in [3.05, 3.63) is 52.8 Å². The molecule has 114 valence electrons. The van der Waals surface area contributed by atoms with E-state index in [9.17, 15) is 9.90 Å². The van der Waals surface area contributed by atoms with Gasteiger partial charge in [-0.3, -0.25) is 4.79 Å². The number of aromatic nitrogens is 1. The minimum Gasteiger partial charge on any atom is -0.387 e. The molecule has 0 fully saturated rings. The molecule has 6 heteroatoms. The van der Waals surface area contributed by atoms with Crippen LogP contribution in [-0.2, 0) is 11.3 Å². The minimum absolute atomic E-state index is 0.195. The number of hydrogen-bond acceptors (Lipinski definition) is 5. The number of amides is 1. The van der Waals surface area contributed by atoms with E-state index < -0.39 is 6.10 Å². The molecule has 1 aromatic carbocycles. The van der Waals surface area contributed by atoms with Crippen molar-refractivity contribution in [2.45, 2.75) is 19.6 Å². The number of aryl methyl sites for hydroxylation is 1. The number of nitrogens with zero attached hydrogens (tertiary/aromatic N) is 1. The second-order valence-electron chi connectivity index (χ2n) is 5.18. The SMILES string of the molecule is Cc1ncsc1-c1ccc(CNC(=O)C2=CC(O)CN2)cc1. The van der Waals surface area contributed by atoms with E-state index in [1.54, 1.807) is 11.3 Å². The highest BCUT2D eigenvalue weighted by Gasteiger charge is 2.17. The van der Waals surface area contributed by atoms with E-state index in [0.717, 1.165) is 16.8 Å². The first-order valence-electron chi connectivity index (χ1n) is 7.05. The molecule has 0 bridgehead atoms. The Morgan fingerprint density at radius 3 is 2.82 bits per heavy atom. The number of benzene rings is 1. The molecule has 1 unspecified atom stereocenters. The molecular weight excluding hydrogens is 298 g/mol. The Kier molecular flexibility index (Phi) is 4.22. The first-order chi connectivity index (χ1) is 10.6. The molecular formula is C16H17N3O2S. The van der Waals surface area contributed by atoms with Crippen molar-refractivity contribution in [1.29, 1.82) is 0 Å². The van der Waals surface area contributed by atoms with Gasteiger partial charge in [0.25, 0.3) is 5.91 Å². The molecule has 1 aromatic heterocycles. The van der Waals surface area contributed by atoms with Crippen molar-refractivity contribution < 1.29 is 9.90 Å². The lowest BCUT2D eigenvalue weighted by Crippen LogP contribution is -2.29. The standard InChI is InChI=1S/C16H17N3O2S/c1-10-15(22-9-19-10)12-4-2-11(3-5-12)7-18-16(21)14-6-13(20)8-17-14/h2-6,9,13,17,20H,7-8H2,1H3,(H,18,21). The number of nitrogens with one attached hydrogen (secondary N) is 2. The second-order valence-corrected chi connectivity index (χ2v) is 6.03. The number of carbonyl (C=O) groups is 1. The first-order valence-corrected chi connectivity index (χ1v) is 7.93. The van der Waals surface area contributed by atoms with Crippen LogP contribution in [0, 0.1) is 6.92 Å². The Balaban J connectivity index is 1.61. The molecule has 5 nitrogen and oxygen atoms in total. The summed E-state index contributed by atoms with van der Waals surface area (Å²) in [6, 6.07) is 8.08. The third kappa shape index (κ3) is 3.18. The summed E-state index contributed by atoms with van der Waals surface area (Å²) in [6.07, 6.45) is 0.952. The van der Waals surface area contributed by atoms with Crippen molar-refractivity contribution in [3.63, 3.8) is 0 Å². The molecule has 0 saturated heterocycles. The maximum Gasteiger partial charge on any atom is 0.267 e. The number of β-amino-alcohol motifs (C(OH)–C–C–N with tert-alkyl or cyclic N) is 1. The van der Waals surface area contributed by atoms with Crippen LogP contribution in [0.3, 0.4) is 0 Å². The van der Waals surface area contributed by atoms with Gasteiger partial charge in [-0.25, -0.2) is 4.98 Å². The Labute approximate surface area is 132 Å². The largest absolute Gasteiger partial charge is 0.387 e. The summed E-state index contributed by atoms with van der Waals surface area (Å²) in [5.74, 6) is -0.195. The normalized spacial score (nSPS) is 17.0. The highest BCUT2D eigenvalue weighted by molar-refractivity contribution is 7.13. The summed E-state index contributed by atoms with van der Waals surface area (Å²) >= 11 is 1.62. The zero-order valence-electron chi connectivity index (χ0n) is 12.2. The van der Waals surface area contributed by atoms with Gasteiger partial charge in [0.15, 0.2) is 0 Å². The van der Waals surface area contributed by atoms with Crippen LogP contribution in [0.5, 0.6) is 0 Å². The van der Waals surface area contributed by atoms with E-state index >= 15 is 0 Å². The van der Waals surface area contributed by atoms with Crippen LogP contribution in [0.1, 0.15) is 11.3 Å². The van der Waals surface area contributed by atoms with Crippen LogP contribution in [0.25, 0.3) is 10.4 Å². The molecule has 1 amide bonds. The molecule has 3 rings (SSSR count). The second kappa shape index (κ2) is 6.29. The molecule has 0 saturated carbocycles. The van der Waals surface area contributed by atoms with E-state index in [2.05, 4.69) is 15.6 Å². The number of aliphatic hydroxyl groups is 1. The summed E-state index contributed by atoms with van der Waals surface area (Å²) in [5.41, 5.74) is 5.47. The fourth-order valence-corrected chi connectivity index (χ4v) is 3.12. The summed E-state index contributed by atoms with van der Waals surface area (Å²) in [5, 5.41) is 15.1. The van der Waals surface area contributed by atoms with Crippen molar-refractivity contribution in [3.8, 4) is 10.4 Å². The predicted octanol–water partition coefficient (Wildman–Crippen LogP) is 1.58.